The molecule has 0 N–H and O–H groups in total. The van der Waals surface area contributed by atoms with Gasteiger partial charge < -0.3 is 8.85 Å². The van der Waals surface area contributed by atoms with Crippen LogP contribution in [0.1, 0.15) is 78.1 Å². The monoisotopic (exact) mass is 576 g/mol. The van der Waals surface area contributed by atoms with Gasteiger partial charge in [-0.1, -0.05) is 26.7 Å². The molecule has 6 atom stereocenters. The molecule has 0 aromatic heterocycles. The van der Waals surface area contributed by atoms with Crippen molar-refractivity contribution in [3.63, 3.8) is 0 Å². The summed E-state index contributed by atoms with van der Waals surface area (Å²) in [6.07, 6.45) is 10.6. The third kappa shape index (κ3) is 12.0. The first-order chi connectivity index (χ1) is 16.8. The molecule has 2 saturated carbocycles. The van der Waals surface area contributed by atoms with Crippen LogP contribution >= 0.6 is 23.2 Å². The highest BCUT2D eigenvalue weighted by Gasteiger charge is 2.32. The molecule has 0 aliphatic heterocycles. The van der Waals surface area contributed by atoms with Crippen molar-refractivity contribution in [3.8, 4) is 0 Å². The average molecular weight is 578 g/mol. The quantitative estimate of drug-likeness (QED) is 0.0951. The Labute approximate surface area is 234 Å². The third-order valence-corrected chi connectivity index (χ3v) is 10.4. The summed E-state index contributed by atoms with van der Waals surface area (Å²) in [4.78, 5) is 10.8. The summed E-state index contributed by atoms with van der Waals surface area (Å²) in [5.41, 5.74) is 2.29. The van der Waals surface area contributed by atoms with Gasteiger partial charge in [0, 0.05) is 13.2 Å². The minimum atomic E-state index is -1.54. The van der Waals surface area contributed by atoms with E-state index in [1.165, 1.54) is 25.7 Å². The van der Waals surface area contributed by atoms with Gasteiger partial charge in [-0.15, -0.1) is 23.2 Å². The van der Waals surface area contributed by atoms with E-state index in [2.05, 4.69) is 53.1 Å². The fourth-order valence-corrected chi connectivity index (χ4v) is 7.68. The first kappa shape index (κ1) is 32.5. The van der Waals surface area contributed by atoms with Gasteiger partial charge in [0.15, 0.2) is 16.6 Å². The summed E-state index contributed by atoms with van der Waals surface area (Å²) in [6, 6.07) is 0.319. The summed E-state index contributed by atoms with van der Waals surface area (Å²) in [5, 5.41) is 0.209. The van der Waals surface area contributed by atoms with E-state index in [-0.39, 0.29) is 22.8 Å². The Hall–Kier alpha value is 0.274. The van der Waals surface area contributed by atoms with Crippen molar-refractivity contribution in [2.24, 2.45) is 21.8 Å². The second-order valence-electron chi connectivity index (χ2n) is 13.1. The van der Waals surface area contributed by atoms with Gasteiger partial charge in [-0.05, 0) is 102 Å². The zero-order valence-corrected chi connectivity index (χ0v) is 27.9. The highest BCUT2D eigenvalue weighted by atomic mass is 35.5. The molecule has 0 aromatic rings. The van der Waals surface area contributed by atoms with Crippen molar-refractivity contribution in [2.45, 2.75) is 140 Å². The lowest BCUT2D eigenvalue weighted by molar-refractivity contribution is 0.305. The van der Waals surface area contributed by atoms with Crippen LogP contribution in [0.4, 0.5) is 0 Å². The Kier molecular flexibility index (Phi) is 13.7. The molecule has 0 bridgehead atoms. The van der Waals surface area contributed by atoms with Crippen molar-refractivity contribution >= 4 is 51.3 Å². The number of rotatable bonds is 13. The number of alkyl halides is 2. The summed E-state index contributed by atoms with van der Waals surface area (Å²) < 4.78 is 12.4. The number of nitrogens with zero attached hydrogens (tertiary/aromatic N) is 2. The zero-order chi connectivity index (χ0) is 26.9. The first-order valence-corrected chi connectivity index (χ1v) is 22.2. The summed E-state index contributed by atoms with van der Waals surface area (Å²) in [7, 11) is -3.08. The summed E-state index contributed by atoms with van der Waals surface area (Å²) in [6.45, 7) is 19.7. The molecule has 0 aromatic carbocycles. The first-order valence-electron chi connectivity index (χ1n) is 14.5. The van der Waals surface area contributed by atoms with Gasteiger partial charge in [0.25, 0.3) is 0 Å². The van der Waals surface area contributed by atoms with Crippen molar-refractivity contribution in [3.05, 3.63) is 0 Å². The standard InChI is InChI=1S/C28H54Cl2N2O2Si2/c1-21-13-9-15-23(29)27(21)31-25(17-11-19-33-35(3,4)5)26(18-12-20-34-36(6,7)8)32-28-22(2)14-10-16-24(28)30/h21-24,27-28H,9-20H2,1-8H3. The topological polar surface area (TPSA) is 43.2 Å². The number of hydrogen-bond acceptors (Lipinski definition) is 4. The van der Waals surface area contributed by atoms with Crippen molar-refractivity contribution in [1.82, 2.24) is 0 Å². The van der Waals surface area contributed by atoms with E-state index in [1.807, 2.05) is 0 Å². The van der Waals surface area contributed by atoms with Crippen LogP contribution in [0.5, 0.6) is 0 Å². The normalized spacial score (nSPS) is 31.1. The largest absolute Gasteiger partial charge is 0.418 e. The SMILES string of the molecule is CC1CCCC(Cl)C1N=C(CCCO[Si](C)(C)C)C(CCCO[Si](C)(C)C)=NC1C(C)CCCC1Cl. The third-order valence-electron chi connectivity index (χ3n) is 7.31. The molecule has 2 rings (SSSR count). The van der Waals surface area contributed by atoms with Crippen molar-refractivity contribution in [2.75, 3.05) is 13.2 Å². The smallest absolute Gasteiger partial charge is 0.183 e. The second kappa shape index (κ2) is 15.2. The Balaban J connectivity index is 2.33. The maximum Gasteiger partial charge on any atom is 0.183 e. The molecular weight excluding hydrogens is 523 g/mol. The number of halogens is 2. The molecule has 0 saturated heterocycles. The highest BCUT2D eigenvalue weighted by molar-refractivity contribution is 6.70. The van der Waals surface area contributed by atoms with Gasteiger partial charge in [-0.2, -0.15) is 0 Å². The Morgan fingerprint density at radius 3 is 1.33 bits per heavy atom. The van der Waals surface area contributed by atoms with Gasteiger partial charge in [-0.3, -0.25) is 9.98 Å². The van der Waals surface area contributed by atoms with Crippen molar-refractivity contribution in [1.29, 1.82) is 0 Å². The van der Waals surface area contributed by atoms with E-state index < -0.39 is 16.6 Å². The maximum atomic E-state index is 6.86. The van der Waals surface area contributed by atoms with Crippen LogP contribution in [0.15, 0.2) is 9.98 Å². The van der Waals surface area contributed by atoms with Crippen LogP contribution in [0.25, 0.3) is 0 Å². The Bertz CT molecular complexity index is 641. The fraction of sp³-hybridized carbons (Fsp3) is 0.929. The Morgan fingerprint density at radius 1 is 0.667 bits per heavy atom. The molecule has 2 aliphatic carbocycles. The van der Waals surface area contributed by atoms with E-state index in [0.717, 1.165) is 63.2 Å². The molecule has 6 unspecified atom stereocenters. The molecule has 0 amide bonds. The summed E-state index contributed by atoms with van der Waals surface area (Å²) in [5.74, 6) is 1.00. The minimum Gasteiger partial charge on any atom is -0.418 e. The summed E-state index contributed by atoms with van der Waals surface area (Å²) >= 11 is 13.7. The van der Waals surface area contributed by atoms with Crippen LogP contribution in [-0.2, 0) is 8.85 Å². The predicted octanol–water partition coefficient (Wildman–Crippen LogP) is 8.72. The molecule has 36 heavy (non-hydrogen) atoms. The van der Waals surface area contributed by atoms with Crippen molar-refractivity contribution < 1.29 is 8.85 Å². The van der Waals surface area contributed by atoms with E-state index in [0.29, 0.717) is 11.8 Å². The lowest BCUT2D eigenvalue weighted by Crippen LogP contribution is -2.36. The Morgan fingerprint density at radius 2 is 1.03 bits per heavy atom. The molecule has 2 fully saturated rings. The van der Waals surface area contributed by atoms with E-state index in [9.17, 15) is 0 Å². The van der Waals surface area contributed by atoms with E-state index >= 15 is 0 Å². The van der Waals surface area contributed by atoms with E-state index in [1.54, 1.807) is 0 Å². The lowest BCUT2D eigenvalue weighted by atomic mass is 9.85. The van der Waals surface area contributed by atoms with Gasteiger partial charge in [0.2, 0.25) is 0 Å². The molecule has 0 radical (unpaired) electrons. The molecule has 0 heterocycles. The lowest BCUT2D eigenvalue weighted by Gasteiger charge is -2.33. The van der Waals surface area contributed by atoms with Gasteiger partial charge in [0.05, 0.1) is 34.3 Å². The predicted molar refractivity (Wildman–Crippen MR) is 165 cm³/mol. The molecule has 0 spiro atoms. The van der Waals surface area contributed by atoms with E-state index in [4.69, 9.17) is 42.0 Å². The van der Waals surface area contributed by atoms with Crippen LogP contribution in [0.2, 0.25) is 39.3 Å². The van der Waals surface area contributed by atoms with Gasteiger partial charge in [-0.25, -0.2) is 0 Å². The molecule has 210 valence electrons. The molecular formula is C28H54Cl2N2O2Si2. The number of hydrogen-bond donors (Lipinski definition) is 0. The molecule has 4 nitrogen and oxygen atoms in total. The molecule has 8 heteroatoms. The second-order valence-corrected chi connectivity index (χ2v) is 23.3. The van der Waals surface area contributed by atoms with Crippen LogP contribution in [0, 0.1) is 11.8 Å². The maximum absolute atomic E-state index is 6.86. The minimum absolute atomic E-state index is 0.104. The number of aliphatic imine (C=N–C) groups is 2. The van der Waals surface area contributed by atoms with Gasteiger partial charge >= 0.3 is 0 Å². The van der Waals surface area contributed by atoms with Gasteiger partial charge in [0.1, 0.15) is 0 Å². The fourth-order valence-electron chi connectivity index (χ4n) is 5.24. The van der Waals surface area contributed by atoms with Crippen LogP contribution in [-0.4, -0.2) is 64.1 Å². The zero-order valence-electron chi connectivity index (χ0n) is 24.4. The van der Waals surface area contributed by atoms with Crippen LogP contribution < -0.4 is 0 Å². The highest BCUT2D eigenvalue weighted by Crippen LogP contribution is 2.33. The van der Waals surface area contributed by atoms with Crippen LogP contribution in [0.3, 0.4) is 0 Å². The average Bonchev–Trinajstić information content (AvgIpc) is 2.75. The molecule has 2 aliphatic rings.